The van der Waals surface area contributed by atoms with Crippen LogP contribution < -0.4 is 9.64 Å². The number of alkyl halides is 3. The van der Waals surface area contributed by atoms with Crippen LogP contribution in [0, 0.1) is 0 Å². The molecule has 7 rings (SSSR count). The molecule has 2 unspecified atom stereocenters. The molecule has 4 aromatic rings. The highest BCUT2D eigenvalue weighted by Gasteiger charge is 2.42. The van der Waals surface area contributed by atoms with Crippen molar-refractivity contribution in [2.24, 2.45) is 0 Å². The van der Waals surface area contributed by atoms with Crippen LogP contribution in [-0.4, -0.2) is 45.8 Å². The first-order valence-electron chi connectivity index (χ1n) is 14.1. The molecule has 2 aliphatic heterocycles. The average Bonchev–Trinajstić information content (AvgIpc) is 3.66. The molecule has 1 saturated carbocycles. The third-order valence-corrected chi connectivity index (χ3v) is 8.50. The van der Waals surface area contributed by atoms with Crippen molar-refractivity contribution >= 4 is 22.7 Å². The van der Waals surface area contributed by atoms with Crippen molar-refractivity contribution < 1.29 is 37.1 Å². The van der Waals surface area contributed by atoms with Crippen LogP contribution in [0.3, 0.4) is 0 Å². The van der Waals surface area contributed by atoms with Gasteiger partial charge in [-0.2, -0.15) is 0 Å². The van der Waals surface area contributed by atoms with Crippen LogP contribution in [0.5, 0.6) is 5.75 Å². The van der Waals surface area contributed by atoms with Gasteiger partial charge in [0.05, 0.1) is 23.8 Å². The van der Waals surface area contributed by atoms with Crippen LogP contribution in [-0.2, 0) is 11.3 Å². The second kappa shape index (κ2) is 10.3. The van der Waals surface area contributed by atoms with Crippen LogP contribution >= 0.6 is 0 Å². The topological polar surface area (TPSA) is 97.9 Å². The number of aromatic carboxylic acids is 1. The van der Waals surface area contributed by atoms with Crippen molar-refractivity contribution in [2.75, 3.05) is 4.90 Å². The van der Waals surface area contributed by atoms with Gasteiger partial charge >= 0.3 is 12.3 Å². The van der Waals surface area contributed by atoms with Gasteiger partial charge in [0.15, 0.2) is 0 Å². The maximum atomic E-state index is 13.1. The second-order valence-electron chi connectivity index (χ2n) is 11.2. The molecular formula is C31H28F3N3O5. The fraction of sp³-hybridized carbons (Fsp3) is 0.387. The second-order valence-corrected chi connectivity index (χ2v) is 11.2. The van der Waals surface area contributed by atoms with Gasteiger partial charge in [-0.3, -0.25) is 0 Å². The van der Waals surface area contributed by atoms with Gasteiger partial charge in [0.25, 0.3) is 0 Å². The van der Waals surface area contributed by atoms with E-state index < -0.39 is 12.3 Å². The number of fused-ring (bicyclic) bond motifs is 3. The van der Waals surface area contributed by atoms with Gasteiger partial charge in [-0.05, 0) is 74.9 Å². The van der Waals surface area contributed by atoms with Gasteiger partial charge in [-0.15, -0.1) is 13.2 Å². The van der Waals surface area contributed by atoms with Gasteiger partial charge in [0.1, 0.15) is 23.0 Å². The summed E-state index contributed by atoms with van der Waals surface area (Å²) >= 11 is 0. The zero-order valence-electron chi connectivity index (χ0n) is 22.5. The molecule has 0 amide bonds. The lowest BCUT2D eigenvalue weighted by atomic mass is 9.99. The minimum Gasteiger partial charge on any atom is -0.478 e. The Bertz CT molecular complexity index is 1640. The lowest BCUT2D eigenvalue weighted by Crippen LogP contribution is -2.46. The quantitative estimate of drug-likeness (QED) is 0.237. The largest absolute Gasteiger partial charge is 0.573 e. The summed E-state index contributed by atoms with van der Waals surface area (Å²) in [5, 5.41) is 14.3. The Balaban J connectivity index is 1.10. The van der Waals surface area contributed by atoms with E-state index in [9.17, 15) is 23.1 Å². The minimum atomic E-state index is -4.83. The van der Waals surface area contributed by atoms with E-state index in [-0.39, 0.29) is 47.6 Å². The molecule has 3 fully saturated rings. The number of halogens is 3. The molecular weight excluding hydrogens is 551 g/mol. The summed E-state index contributed by atoms with van der Waals surface area (Å²) in [6.07, 6.45) is 0.545. The Labute approximate surface area is 239 Å². The van der Waals surface area contributed by atoms with Crippen LogP contribution in [0.25, 0.3) is 22.2 Å². The summed E-state index contributed by atoms with van der Waals surface area (Å²) in [6, 6.07) is 15.2. The molecule has 1 N–H and O–H groups in total. The Morgan fingerprint density at radius 2 is 1.76 bits per heavy atom. The predicted octanol–water partition coefficient (Wildman–Crippen LogP) is 7.08. The normalized spacial score (nSPS) is 22.1. The number of para-hydroxylation sites is 1. The molecule has 2 bridgehead atoms. The van der Waals surface area contributed by atoms with Crippen molar-refractivity contribution in [3.63, 3.8) is 0 Å². The van der Waals surface area contributed by atoms with Gasteiger partial charge < -0.3 is 24.0 Å². The van der Waals surface area contributed by atoms with Crippen molar-refractivity contribution in [2.45, 2.75) is 75.6 Å². The number of hydrogen-bond acceptors (Lipinski definition) is 7. The summed E-state index contributed by atoms with van der Waals surface area (Å²) in [5.41, 5.74) is 2.09. The number of anilines is 1. The number of carboxylic acids is 1. The Kier molecular flexibility index (Phi) is 6.56. The lowest BCUT2D eigenvalue weighted by Gasteiger charge is -2.39. The summed E-state index contributed by atoms with van der Waals surface area (Å²) in [7, 11) is 0. The van der Waals surface area contributed by atoms with Crippen LogP contribution in [0.15, 0.2) is 59.1 Å². The molecule has 8 nitrogen and oxygen atoms in total. The number of pyridine rings is 1. The van der Waals surface area contributed by atoms with Gasteiger partial charge in [-0.1, -0.05) is 23.4 Å². The van der Waals surface area contributed by atoms with Gasteiger partial charge in [0.2, 0.25) is 0 Å². The number of hydrogen-bond donors (Lipinski definition) is 1. The Morgan fingerprint density at radius 1 is 1.00 bits per heavy atom. The standard InChI is InChI=1S/C31H28F3N3O5/c32-31(33,34)41-26-7-2-1-4-23(26)28-24(29(42-36-28)17-8-9-17)16-40-20-14-18-10-11-19(15-20)37(18)27-13-12-21-22(30(38)39)5-3-6-25(21)35-27/h1-7,12-13,17-20H,8-11,14-16H2,(H,38,39)/t18-,19?,20?/m0/s1. The van der Waals surface area contributed by atoms with E-state index in [0.717, 1.165) is 44.3 Å². The average molecular weight is 580 g/mol. The summed E-state index contributed by atoms with van der Waals surface area (Å²) in [4.78, 5) is 18.8. The number of rotatable bonds is 8. The van der Waals surface area contributed by atoms with Crippen molar-refractivity contribution in [3.8, 4) is 17.0 Å². The summed E-state index contributed by atoms with van der Waals surface area (Å²) in [5.74, 6) is 0.388. The fourth-order valence-electron chi connectivity index (χ4n) is 6.53. The zero-order chi connectivity index (χ0) is 29.0. The number of benzene rings is 2. The van der Waals surface area contributed by atoms with Crippen molar-refractivity contribution in [3.05, 3.63) is 71.5 Å². The molecule has 11 heteroatoms. The third kappa shape index (κ3) is 5.06. The maximum absolute atomic E-state index is 13.1. The molecule has 4 heterocycles. The lowest BCUT2D eigenvalue weighted by molar-refractivity contribution is -0.274. The van der Waals surface area contributed by atoms with Gasteiger partial charge in [-0.25, -0.2) is 9.78 Å². The van der Waals surface area contributed by atoms with E-state index in [0.29, 0.717) is 27.9 Å². The first kappa shape index (κ1) is 26.8. The Hall–Kier alpha value is -4.12. The van der Waals surface area contributed by atoms with E-state index in [4.69, 9.17) is 14.2 Å². The van der Waals surface area contributed by atoms with Crippen molar-refractivity contribution in [1.82, 2.24) is 10.1 Å². The fourth-order valence-corrected chi connectivity index (χ4v) is 6.53. The molecule has 0 radical (unpaired) electrons. The molecule has 218 valence electrons. The van der Waals surface area contributed by atoms with E-state index in [2.05, 4.69) is 14.8 Å². The number of nitrogens with zero attached hydrogens (tertiary/aromatic N) is 3. The minimum absolute atomic E-state index is 0.0470. The van der Waals surface area contributed by atoms with Crippen molar-refractivity contribution in [1.29, 1.82) is 0 Å². The SMILES string of the molecule is O=C(O)c1cccc2nc(N3C4CC[C@H]3CC(OCc3c(-c5ccccc5OC(F)(F)F)noc3C3CC3)C4)ccc12. The highest BCUT2D eigenvalue weighted by atomic mass is 19.4. The predicted molar refractivity (Wildman–Crippen MR) is 146 cm³/mol. The molecule has 3 aliphatic rings. The van der Waals surface area contributed by atoms with E-state index >= 15 is 0 Å². The molecule has 42 heavy (non-hydrogen) atoms. The van der Waals surface area contributed by atoms with Gasteiger partial charge in [0, 0.05) is 34.5 Å². The Morgan fingerprint density at radius 3 is 2.48 bits per heavy atom. The number of carbonyl (C=O) groups is 1. The van der Waals surface area contributed by atoms with Crippen LogP contribution in [0.4, 0.5) is 19.0 Å². The molecule has 2 aromatic carbocycles. The highest BCUT2D eigenvalue weighted by Crippen LogP contribution is 2.46. The number of aromatic nitrogens is 2. The molecule has 0 spiro atoms. The zero-order valence-corrected chi connectivity index (χ0v) is 22.5. The van der Waals surface area contributed by atoms with E-state index in [1.165, 1.54) is 12.1 Å². The van der Waals surface area contributed by atoms with E-state index in [1.807, 2.05) is 18.2 Å². The van der Waals surface area contributed by atoms with Crippen LogP contribution in [0.1, 0.15) is 66.1 Å². The maximum Gasteiger partial charge on any atom is 0.573 e. The number of carboxylic acid groups (broad SMARTS) is 1. The number of piperidine rings is 1. The summed E-state index contributed by atoms with van der Waals surface area (Å²) < 4.78 is 55.7. The first-order chi connectivity index (χ1) is 20.2. The highest BCUT2D eigenvalue weighted by molar-refractivity contribution is 6.02. The third-order valence-electron chi connectivity index (χ3n) is 8.50. The van der Waals surface area contributed by atoms with E-state index in [1.54, 1.807) is 24.3 Å². The number of ether oxygens (including phenoxy) is 2. The first-order valence-corrected chi connectivity index (χ1v) is 14.1. The monoisotopic (exact) mass is 579 g/mol. The summed E-state index contributed by atoms with van der Waals surface area (Å²) in [6.45, 7) is 0.182. The van der Waals surface area contributed by atoms with Crippen LogP contribution in [0.2, 0.25) is 0 Å². The molecule has 1 aliphatic carbocycles. The molecule has 2 saturated heterocycles. The molecule has 2 aromatic heterocycles. The smallest absolute Gasteiger partial charge is 0.478 e. The molecule has 3 atom stereocenters.